The van der Waals surface area contributed by atoms with Gasteiger partial charge in [0, 0.05) is 11.6 Å². The summed E-state index contributed by atoms with van der Waals surface area (Å²) in [5, 5.41) is 2.64. The Morgan fingerprint density at radius 2 is 2.00 bits per heavy atom. The van der Waals surface area contributed by atoms with Gasteiger partial charge in [-0.25, -0.2) is 4.39 Å². The quantitative estimate of drug-likeness (QED) is 0.663. The molecule has 2 aromatic rings. The van der Waals surface area contributed by atoms with Crippen LogP contribution in [0.25, 0.3) is 6.08 Å². The molecule has 2 aromatic carbocycles. The van der Waals surface area contributed by atoms with Crippen molar-refractivity contribution < 1.29 is 9.18 Å². The normalized spacial score (nSPS) is 10.7. The molecule has 0 radical (unpaired) electrons. The van der Waals surface area contributed by atoms with Crippen LogP contribution in [0.5, 0.6) is 0 Å². The van der Waals surface area contributed by atoms with Crippen LogP contribution in [0, 0.1) is 12.7 Å². The number of hydrogen-bond donors (Lipinski definition) is 2. The predicted molar refractivity (Wildman–Crippen MR) is 79.7 cm³/mol. The van der Waals surface area contributed by atoms with Crippen molar-refractivity contribution in [1.82, 2.24) is 0 Å². The first kappa shape index (κ1) is 13.8. The molecule has 3 N–H and O–H groups in total. The van der Waals surface area contributed by atoms with E-state index in [0.29, 0.717) is 16.9 Å². The molecule has 0 spiro atoms. The summed E-state index contributed by atoms with van der Waals surface area (Å²) in [4.78, 5) is 11.8. The molecule has 2 rings (SSSR count). The number of halogens is 1. The highest BCUT2D eigenvalue weighted by molar-refractivity contribution is 6.03. The number of hydrogen-bond acceptors (Lipinski definition) is 2. The third-order valence-corrected chi connectivity index (χ3v) is 2.78. The molecule has 0 fully saturated rings. The molecular weight excluding hydrogens is 255 g/mol. The van der Waals surface area contributed by atoms with Crippen molar-refractivity contribution in [2.45, 2.75) is 6.92 Å². The van der Waals surface area contributed by atoms with E-state index in [2.05, 4.69) is 5.32 Å². The van der Waals surface area contributed by atoms with Crippen molar-refractivity contribution in [1.29, 1.82) is 0 Å². The van der Waals surface area contributed by atoms with Crippen LogP contribution in [0.1, 0.15) is 11.1 Å². The summed E-state index contributed by atoms with van der Waals surface area (Å²) in [5.74, 6) is -0.720. The first-order valence-corrected chi connectivity index (χ1v) is 6.16. The van der Waals surface area contributed by atoms with Crippen LogP contribution in [0.15, 0.2) is 48.5 Å². The topological polar surface area (TPSA) is 55.1 Å². The van der Waals surface area contributed by atoms with Crippen LogP contribution < -0.4 is 11.1 Å². The van der Waals surface area contributed by atoms with Crippen LogP contribution in [0.4, 0.5) is 15.8 Å². The van der Waals surface area contributed by atoms with E-state index in [1.165, 1.54) is 18.2 Å². The maximum Gasteiger partial charge on any atom is 0.248 e. The number of amides is 1. The van der Waals surface area contributed by atoms with Gasteiger partial charge in [-0.1, -0.05) is 23.8 Å². The van der Waals surface area contributed by atoms with Gasteiger partial charge in [0.25, 0.3) is 0 Å². The van der Waals surface area contributed by atoms with E-state index in [0.717, 1.165) is 5.56 Å². The molecule has 3 nitrogen and oxygen atoms in total. The van der Waals surface area contributed by atoms with Gasteiger partial charge >= 0.3 is 0 Å². The first-order valence-electron chi connectivity index (χ1n) is 6.16. The second-order valence-electron chi connectivity index (χ2n) is 4.43. The number of carbonyl (C=O) groups is 1. The maximum atomic E-state index is 13.5. The number of para-hydroxylation sites is 2. The average molecular weight is 270 g/mol. The Hall–Kier alpha value is -2.62. The van der Waals surface area contributed by atoms with Crippen LogP contribution in [-0.4, -0.2) is 5.91 Å². The summed E-state index contributed by atoms with van der Waals surface area (Å²) < 4.78 is 13.5. The standard InChI is InChI=1S/C16H15FN2O/c1-11-6-8-13(17)12(10-11)7-9-16(20)19-15-5-3-2-4-14(15)18/h2-10H,18H2,1H3,(H,19,20)/b9-7+. The van der Waals surface area contributed by atoms with E-state index in [1.54, 1.807) is 36.4 Å². The van der Waals surface area contributed by atoms with E-state index in [-0.39, 0.29) is 11.7 Å². The van der Waals surface area contributed by atoms with Crippen LogP contribution in [0.3, 0.4) is 0 Å². The van der Waals surface area contributed by atoms with E-state index in [1.807, 2.05) is 6.92 Å². The van der Waals surface area contributed by atoms with Crippen molar-refractivity contribution in [3.05, 3.63) is 65.5 Å². The molecule has 4 heteroatoms. The third kappa shape index (κ3) is 3.45. The van der Waals surface area contributed by atoms with Gasteiger partial charge in [0.2, 0.25) is 5.91 Å². The summed E-state index contributed by atoms with van der Waals surface area (Å²) in [6, 6.07) is 11.7. The highest BCUT2D eigenvalue weighted by Crippen LogP contribution is 2.17. The molecule has 20 heavy (non-hydrogen) atoms. The molecular formula is C16H15FN2O. The fraction of sp³-hybridized carbons (Fsp3) is 0.0625. The molecule has 0 saturated carbocycles. The highest BCUT2D eigenvalue weighted by atomic mass is 19.1. The van der Waals surface area contributed by atoms with Crippen LogP contribution in [-0.2, 0) is 4.79 Å². The van der Waals surface area contributed by atoms with Gasteiger partial charge in [0.1, 0.15) is 5.82 Å². The molecule has 0 bridgehead atoms. The molecule has 0 unspecified atom stereocenters. The second-order valence-corrected chi connectivity index (χ2v) is 4.43. The number of benzene rings is 2. The zero-order valence-corrected chi connectivity index (χ0v) is 11.1. The molecule has 1 amide bonds. The Morgan fingerprint density at radius 3 is 2.75 bits per heavy atom. The van der Waals surface area contributed by atoms with Gasteiger partial charge in [-0.15, -0.1) is 0 Å². The Kier molecular flexibility index (Phi) is 4.15. The third-order valence-electron chi connectivity index (χ3n) is 2.78. The molecule has 0 atom stereocenters. The summed E-state index contributed by atoms with van der Waals surface area (Å²) in [5.41, 5.74) is 8.04. The lowest BCUT2D eigenvalue weighted by molar-refractivity contribution is -0.111. The smallest absolute Gasteiger partial charge is 0.248 e. The summed E-state index contributed by atoms with van der Waals surface area (Å²) in [7, 11) is 0. The average Bonchev–Trinajstić information content (AvgIpc) is 2.42. The van der Waals surface area contributed by atoms with Gasteiger partial charge in [-0.2, -0.15) is 0 Å². The predicted octanol–water partition coefficient (Wildman–Crippen LogP) is 3.37. The lowest BCUT2D eigenvalue weighted by Crippen LogP contribution is -2.09. The monoisotopic (exact) mass is 270 g/mol. The Balaban J connectivity index is 2.10. The minimum Gasteiger partial charge on any atom is -0.397 e. The molecule has 0 aromatic heterocycles. The fourth-order valence-corrected chi connectivity index (χ4v) is 1.74. The fourth-order valence-electron chi connectivity index (χ4n) is 1.74. The van der Waals surface area contributed by atoms with Gasteiger partial charge in [0.15, 0.2) is 0 Å². The van der Waals surface area contributed by atoms with E-state index in [4.69, 9.17) is 5.73 Å². The molecule has 0 heterocycles. The largest absolute Gasteiger partial charge is 0.397 e. The number of rotatable bonds is 3. The van der Waals surface area contributed by atoms with Crippen molar-refractivity contribution in [3.8, 4) is 0 Å². The van der Waals surface area contributed by atoms with Gasteiger partial charge in [0.05, 0.1) is 11.4 Å². The number of nitrogens with two attached hydrogens (primary N) is 1. The van der Waals surface area contributed by atoms with Crippen molar-refractivity contribution in [3.63, 3.8) is 0 Å². The van der Waals surface area contributed by atoms with E-state index < -0.39 is 0 Å². The number of nitrogen functional groups attached to an aromatic ring is 1. The Labute approximate surface area is 116 Å². The SMILES string of the molecule is Cc1ccc(F)c(/C=C/C(=O)Nc2ccccc2N)c1. The van der Waals surface area contributed by atoms with E-state index >= 15 is 0 Å². The summed E-state index contributed by atoms with van der Waals surface area (Å²) in [6.45, 7) is 1.86. The zero-order valence-electron chi connectivity index (χ0n) is 11.1. The maximum absolute atomic E-state index is 13.5. The summed E-state index contributed by atoms with van der Waals surface area (Å²) in [6.07, 6.45) is 2.72. The minimum atomic E-state index is -0.362. The molecule has 102 valence electrons. The second kappa shape index (κ2) is 6.02. The molecule has 0 aliphatic heterocycles. The molecule has 0 aliphatic carbocycles. The van der Waals surface area contributed by atoms with Gasteiger partial charge in [-0.3, -0.25) is 4.79 Å². The number of anilines is 2. The number of nitrogens with one attached hydrogen (secondary N) is 1. The molecule has 0 saturated heterocycles. The van der Waals surface area contributed by atoms with Crippen molar-refractivity contribution >= 4 is 23.4 Å². The highest BCUT2D eigenvalue weighted by Gasteiger charge is 2.02. The lowest BCUT2D eigenvalue weighted by atomic mass is 10.1. The Morgan fingerprint density at radius 1 is 1.25 bits per heavy atom. The Bertz CT molecular complexity index is 665. The minimum absolute atomic E-state index is 0.358. The lowest BCUT2D eigenvalue weighted by Gasteiger charge is -2.05. The zero-order chi connectivity index (χ0) is 14.5. The van der Waals surface area contributed by atoms with Gasteiger partial charge in [-0.05, 0) is 37.3 Å². The molecule has 0 aliphatic rings. The van der Waals surface area contributed by atoms with E-state index in [9.17, 15) is 9.18 Å². The first-order chi connectivity index (χ1) is 9.56. The number of aryl methyl sites for hydroxylation is 1. The van der Waals surface area contributed by atoms with Crippen LogP contribution in [0.2, 0.25) is 0 Å². The van der Waals surface area contributed by atoms with Crippen molar-refractivity contribution in [2.75, 3.05) is 11.1 Å². The summed E-state index contributed by atoms with van der Waals surface area (Å²) >= 11 is 0. The van der Waals surface area contributed by atoms with Crippen LogP contribution >= 0.6 is 0 Å². The van der Waals surface area contributed by atoms with Gasteiger partial charge < -0.3 is 11.1 Å². The van der Waals surface area contributed by atoms with Crippen molar-refractivity contribution in [2.24, 2.45) is 0 Å². The number of carbonyl (C=O) groups excluding carboxylic acids is 1.